The van der Waals surface area contributed by atoms with E-state index in [9.17, 15) is 13.2 Å². The largest absolute Gasteiger partial charge is 0.416 e. The Morgan fingerprint density at radius 3 is 2.44 bits per heavy atom. The maximum Gasteiger partial charge on any atom is 0.416 e. The molecule has 0 bridgehead atoms. The maximum absolute atomic E-state index is 12.9. The molecule has 4 N–H and O–H groups in total. The second-order valence-corrected chi connectivity index (χ2v) is 8.39. The first-order valence-corrected chi connectivity index (χ1v) is 11.0. The van der Waals surface area contributed by atoms with Gasteiger partial charge in [0, 0.05) is 35.7 Å². The van der Waals surface area contributed by atoms with E-state index in [1.54, 1.807) is 23.1 Å². The molecule has 176 valence electrons. The summed E-state index contributed by atoms with van der Waals surface area (Å²) in [6.07, 6.45) is 4.42. The second-order valence-electron chi connectivity index (χ2n) is 8.39. The quantitative estimate of drug-likeness (QED) is 0.392. The molecule has 34 heavy (non-hydrogen) atoms. The zero-order chi connectivity index (χ0) is 23.7. The van der Waals surface area contributed by atoms with Crippen LogP contribution in [0.25, 0.3) is 16.9 Å². The number of hydrogen-bond donors (Lipinski definition) is 3. The van der Waals surface area contributed by atoms with Crippen molar-refractivity contribution in [2.75, 3.05) is 10.6 Å². The highest BCUT2D eigenvalue weighted by molar-refractivity contribution is 5.63. The zero-order valence-electron chi connectivity index (χ0n) is 18.1. The fraction of sp³-hybridized carbons (Fsp3) is 0.304. The third-order valence-corrected chi connectivity index (χ3v) is 5.88. The van der Waals surface area contributed by atoms with Crippen molar-refractivity contribution in [1.29, 1.82) is 0 Å². The molecular weight excluding hydrogens is 445 g/mol. The molecule has 1 aliphatic carbocycles. The number of imidazole rings is 1. The van der Waals surface area contributed by atoms with Crippen LogP contribution in [-0.2, 0) is 6.18 Å². The fourth-order valence-corrected chi connectivity index (χ4v) is 4.05. The summed E-state index contributed by atoms with van der Waals surface area (Å²) in [7, 11) is 0. The van der Waals surface area contributed by atoms with Gasteiger partial charge in [-0.3, -0.25) is 0 Å². The average Bonchev–Trinajstić information content (AvgIpc) is 3.24. The summed E-state index contributed by atoms with van der Waals surface area (Å²) in [6.45, 7) is 0. The van der Waals surface area contributed by atoms with E-state index in [-0.39, 0.29) is 17.7 Å². The number of nitrogens with two attached hydrogens (primary N) is 1. The van der Waals surface area contributed by atoms with E-state index in [1.807, 2.05) is 12.1 Å². The van der Waals surface area contributed by atoms with Gasteiger partial charge in [0.15, 0.2) is 5.65 Å². The number of rotatable bonds is 5. The number of hydrogen-bond acceptors (Lipinski definition) is 7. The van der Waals surface area contributed by atoms with Crippen LogP contribution in [0.4, 0.5) is 30.6 Å². The maximum atomic E-state index is 12.9. The van der Waals surface area contributed by atoms with Gasteiger partial charge < -0.3 is 16.4 Å². The molecule has 4 aromatic rings. The van der Waals surface area contributed by atoms with Gasteiger partial charge >= 0.3 is 6.18 Å². The van der Waals surface area contributed by atoms with Crippen molar-refractivity contribution >= 4 is 23.1 Å². The summed E-state index contributed by atoms with van der Waals surface area (Å²) >= 11 is 0. The first kappa shape index (κ1) is 22.1. The Kier molecular flexibility index (Phi) is 5.78. The Bertz CT molecular complexity index is 1280. The Morgan fingerprint density at radius 1 is 0.941 bits per heavy atom. The highest BCUT2D eigenvalue weighted by atomic mass is 19.4. The van der Waals surface area contributed by atoms with Crippen LogP contribution >= 0.6 is 0 Å². The van der Waals surface area contributed by atoms with Crippen LogP contribution in [0.3, 0.4) is 0 Å². The molecule has 3 aromatic heterocycles. The lowest BCUT2D eigenvalue weighted by molar-refractivity contribution is -0.137. The summed E-state index contributed by atoms with van der Waals surface area (Å²) in [6, 6.07) is 9.28. The van der Waals surface area contributed by atoms with E-state index in [0.29, 0.717) is 22.9 Å². The molecule has 1 fully saturated rings. The number of aromatic nitrogens is 5. The van der Waals surface area contributed by atoms with Crippen molar-refractivity contribution in [2.45, 2.75) is 43.9 Å². The van der Waals surface area contributed by atoms with Crippen molar-refractivity contribution < 1.29 is 13.2 Å². The van der Waals surface area contributed by atoms with E-state index in [1.165, 1.54) is 12.1 Å². The van der Waals surface area contributed by atoms with Gasteiger partial charge in [-0.15, -0.1) is 5.10 Å². The van der Waals surface area contributed by atoms with E-state index in [4.69, 9.17) is 5.73 Å². The Balaban J connectivity index is 1.34. The van der Waals surface area contributed by atoms with Crippen LogP contribution in [0.15, 0.2) is 55.0 Å². The predicted molar refractivity (Wildman–Crippen MR) is 123 cm³/mol. The van der Waals surface area contributed by atoms with Crippen LogP contribution < -0.4 is 16.4 Å². The molecule has 0 aliphatic heterocycles. The van der Waals surface area contributed by atoms with Crippen LogP contribution in [0.2, 0.25) is 0 Å². The number of anilines is 3. The number of fused-ring (bicyclic) bond motifs is 1. The normalized spacial score (nSPS) is 18.7. The Labute approximate surface area is 193 Å². The van der Waals surface area contributed by atoms with Gasteiger partial charge in [-0.05, 0) is 56.0 Å². The lowest BCUT2D eigenvalue weighted by Gasteiger charge is -2.27. The third kappa shape index (κ3) is 4.79. The second kappa shape index (κ2) is 8.90. The molecule has 8 nitrogen and oxygen atoms in total. The van der Waals surface area contributed by atoms with Crippen molar-refractivity contribution in [2.24, 2.45) is 5.73 Å². The molecule has 0 atom stereocenters. The predicted octanol–water partition coefficient (Wildman–Crippen LogP) is 4.63. The first-order chi connectivity index (χ1) is 16.3. The minimum atomic E-state index is -4.42. The minimum Gasteiger partial charge on any atom is -0.366 e. The molecule has 0 saturated heterocycles. The number of nitrogens with zero attached hydrogens (tertiary/aromatic N) is 5. The van der Waals surface area contributed by atoms with Crippen LogP contribution in [0.5, 0.6) is 0 Å². The summed E-state index contributed by atoms with van der Waals surface area (Å²) in [5.41, 5.74) is 7.56. The van der Waals surface area contributed by atoms with Gasteiger partial charge in [0.1, 0.15) is 5.82 Å². The van der Waals surface area contributed by atoms with Gasteiger partial charge in [0.05, 0.1) is 17.5 Å². The van der Waals surface area contributed by atoms with E-state index < -0.39 is 11.7 Å². The average molecular weight is 468 g/mol. The number of halogens is 3. The van der Waals surface area contributed by atoms with Crippen molar-refractivity contribution in [3.05, 3.63) is 60.6 Å². The summed E-state index contributed by atoms with van der Waals surface area (Å²) in [5, 5.41) is 11.0. The highest BCUT2D eigenvalue weighted by Gasteiger charge is 2.30. The number of nitrogens with one attached hydrogen (secondary N) is 2. The molecule has 5 rings (SSSR count). The SMILES string of the molecule is NC1CCC(Nc2ccc3ncc(-c4cnc(Nc5cccc(C(F)(F)F)c5)nc4)n3n2)CC1. The topological polar surface area (TPSA) is 106 Å². The van der Waals surface area contributed by atoms with Gasteiger partial charge in [0.25, 0.3) is 0 Å². The third-order valence-electron chi connectivity index (χ3n) is 5.88. The fourth-order valence-electron chi connectivity index (χ4n) is 4.05. The number of alkyl halides is 3. The molecule has 11 heteroatoms. The summed E-state index contributed by atoms with van der Waals surface area (Å²) in [4.78, 5) is 12.9. The standard InChI is InChI=1S/C23H23F3N8/c24-23(25,26)15-2-1-3-18(10-15)32-22-29-11-14(12-30-22)19-13-28-21-9-8-20(33-34(19)21)31-17-6-4-16(27)5-7-17/h1-3,8-13,16-17H,4-7,27H2,(H,31,33)(H,29,30,32). The van der Waals surface area contributed by atoms with E-state index in [2.05, 4.69) is 30.7 Å². The van der Waals surface area contributed by atoms with Gasteiger partial charge in [0.2, 0.25) is 5.95 Å². The molecule has 0 radical (unpaired) electrons. The number of benzene rings is 1. The molecule has 0 amide bonds. The lowest BCUT2D eigenvalue weighted by atomic mass is 9.92. The van der Waals surface area contributed by atoms with Crippen molar-refractivity contribution in [1.82, 2.24) is 24.6 Å². The first-order valence-electron chi connectivity index (χ1n) is 11.0. The van der Waals surface area contributed by atoms with Gasteiger partial charge in [-0.2, -0.15) is 13.2 Å². The molecule has 3 heterocycles. The zero-order valence-corrected chi connectivity index (χ0v) is 18.1. The Hall–Kier alpha value is -3.73. The molecule has 0 spiro atoms. The molecular formula is C23H23F3N8. The Morgan fingerprint density at radius 2 is 1.71 bits per heavy atom. The van der Waals surface area contributed by atoms with Crippen molar-refractivity contribution in [3.8, 4) is 11.3 Å². The molecule has 0 unspecified atom stereocenters. The van der Waals surface area contributed by atoms with Crippen molar-refractivity contribution in [3.63, 3.8) is 0 Å². The lowest BCUT2D eigenvalue weighted by Crippen LogP contribution is -2.33. The molecule has 1 aromatic carbocycles. The molecule has 1 aliphatic rings. The van der Waals surface area contributed by atoms with Gasteiger partial charge in [-0.1, -0.05) is 6.07 Å². The van der Waals surface area contributed by atoms with Crippen LogP contribution in [0, 0.1) is 0 Å². The van der Waals surface area contributed by atoms with Crippen LogP contribution in [0.1, 0.15) is 31.2 Å². The molecule has 1 saturated carbocycles. The van der Waals surface area contributed by atoms with Gasteiger partial charge in [-0.25, -0.2) is 19.5 Å². The summed E-state index contributed by atoms with van der Waals surface area (Å²) < 4.78 is 40.5. The van der Waals surface area contributed by atoms with Crippen LogP contribution in [-0.4, -0.2) is 36.6 Å². The summed E-state index contributed by atoms with van der Waals surface area (Å²) in [5.74, 6) is 0.929. The minimum absolute atomic E-state index is 0.183. The smallest absolute Gasteiger partial charge is 0.366 e. The van der Waals surface area contributed by atoms with E-state index >= 15 is 0 Å². The highest BCUT2D eigenvalue weighted by Crippen LogP contribution is 2.31. The monoisotopic (exact) mass is 468 g/mol. The van der Waals surface area contributed by atoms with E-state index in [0.717, 1.165) is 43.6 Å².